The van der Waals surface area contributed by atoms with E-state index in [1.54, 1.807) is 24.3 Å². The van der Waals surface area contributed by atoms with Crippen molar-refractivity contribution in [3.05, 3.63) is 40.3 Å². The number of anilines is 2. The number of carboxylic acids is 1. The van der Waals surface area contributed by atoms with Crippen LogP contribution in [-0.2, 0) is 14.3 Å². The van der Waals surface area contributed by atoms with Gasteiger partial charge in [-0.05, 0) is 37.1 Å². The van der Waals surface area contributed by atoms with Crippen molar-refractivity contribution in [3.8, 4) is 0 Å². The summed E-state index contributed by atoms with van der Waals surface area (Å²) in [6, 6.07) is 6.31. The molecule has 2 aromatic rings. The SMILES string of the molecule is O=C(N[C@H]1CCOC1=O)c1ccc(Nc2nn(C3CCCCC3)c(=O)[nH]2)cc1.O=C(O)C(F)(F)F. The van der Waals surface area contributed by atoms with Crippen LogP contribution >= 0.6 is 0 Å². The lowest BCUT2D eigenvalue weighted by molar-refractivity contribution is -0.192. The number of carboxylic acid groups (broad SMARTS) is 1. The van der Waals surface area contributed by atoms with Gasteiger partial charge in [0.15, 0.2) is 0 Å². The Morgan fingerprint density at radius 1 is 1.09 bits per heavy atom. The second kappa shape index (κ2) is 11.1. The number of amides is 1. The van der Waals surface area contributed by atoms with E-state index in [2.05, 4.69) is 20.7 Å². The number of halogens is 3. The number of aliphatic carboxylic acids is 1. The summed E-state index contributed by atoms with van der Waals surface area (Å²) in [6.07, 6.45) is 0.804. The minimum absolute atomic E-state index is 0.154. The largest absolute Gasteiger partial charge is 0.490 e. The van der Waals surface area contributed by atoms with Gasteiger partial charge in [-0.2, -0.15) is 13.2 Å². The fourth-order valence-electron chi connectivity index (χ4n) is 3.68. The molecule has 14 heteroatoms. The third-order valence-electron chi connectivity index (χ3n) is 5.45. The Kier molecular flexibility index (Phi) is 8.14. The lowest BCUT2D eigenvalue weighted by Crippen LogP contribution is -2.37. The van der Waals surface area contributed by atoms with Crippen LogP contribution in [0.3, 0.4) is 0 Å². The van der Waals surface area contributed by atoms with Gasteiger partial charge in [0.05, 0.1) is 12.6 Å². The molecule has 2 aliphatic rings. The lowest BCUT2D eigenvalue weighted by atomic mass is 9.96. The van der Waals surface area contributed by atoms with Crippen LogP contribution in [0.4, 0.5) is 24.8 Å². The van der Waals surface area contributed by atoms with Crippen molar-refractivity contribution in [2.24, 2.45) is 0 Å². The lowest BCUT2D eigenvalue weighted by Gasteiger charge is -2.20. The summed E-state index contributed by atoms with van der Waals surface area (Å²) in [5.41, 5.74) is 0.918. The number of cyclic esters (lactones) is 1. The van der Waals surface area contributed by atoms with Gasteiger partial charge < -0.3 is 20.5 Å². The Balaban J connectivity index is 0.000000429. The van der Waals surface area contributed by atoms with E-state index in [1.807, 2.05) is 0 Å². The first-order valence-electron chi connectivity index (χ1n) is 10.9. The number of carbonyl (C=O) groups is 3. The van der Waals surface area contributed by atoms with Crippen molar-refractivity contribution in [2.75, 3.05) is 11.9 Å². The van der Waals surface area contributed by atoms with Crippen LogP contribution in [0.1, 0.15) is 54.9 Å². The maximum Gasteiger partial charge on any atom is 0.490 e. The maximum absolute atomic E-state index is 12.2. The Labute approximate surface area is 196 Å². The molecule has 1 saturated carbocycles. The van der Waals surface area contributed by atoms with E-state index in [0.717, 1.165) is 25.7 Å². The predicted molar refractivity (Wildman–Crippen MR) is 115 cm³/mol. The Hall–Kier alpha value is -3.84. The van der Waals surface area contributed by atoms with Gasteiger partial charge in [-0.25, -0.2) is 19.1 Å². The fourth-order valence-corrected chi connectivity index (χ4v) is 3.68. The van der Waals surface area contributed by atoms with E-state index < -0.39 is 24.2 Å². The maximum atomic E-state index is 12.2. The standard InChI is InChI=1S/C19H23N5O4.C2HF3O2/c25-16(21-15-10-11-28-17(15)26)12-6-8-13(9-7-12)20-18-22-19(27)24(23-18)14-4-2-1-3-5-14;3-2(4,5)1(6)7/h6-9,14-15H,1-5,10-11H2,(H,21,25)(H2,20,22,23,27);(H,6,7)/t15-;/m0./s1. The van der Waals surface area contributed by atoms with Crippen LogP contribution in [0, 0.1) is 0 Å². The molecule has 0 unspecified atom stereocenters. The highest BCUT2D eigenvalue weighted by Gasteiger charge is 2.38. The molecule has 190 valence electrons. The van der Waals surface area contributed by atoms with Crippen molar-refractivity contribution < 1.29 is 37.4 Å². The molecular weight excluding hydrogens is 475 g/mol. The van der Waals surface area contributed by atoms with E-state index in [0.29, 0.717) is 30.2 Å². The number of nitrogens with zero attached hydrogens (tertiary/aromatic N) is 2. The molecule has 0 bridgehead atoms. The second-order valence-electron chi connectivity index (χ2n) is 8.00. The Bertz CT molecular complexity index is 1110. The molecule has 1 atom stereocenters. The van der Waals surface area contributed by atoms with E-state index >= 15 is 0 Å². The molecule has 1 aromatic carbocycles. The average molecular weight is 499 g/mol. The highest BCUT2D eigenvalue weighted by Crippen LogP contribution is 2.26. The minimum Gasteiger partial charge on any atom is -0.475 e. The van der Waals surface area contributed by atoms with Crippen LogP contribution in [-0.4, -0.2) is 56.5 Å². The smallest absolute Gasteiger partial charge is 0.475 e. The van der Waals surface area contributed by atoms with Crippen LogP contribution in [0.25, 0.3) is 0 Å². The zero-order valence-corrected chi connectivity index (χ0v) is 18.4. The Morgan fingerprint density at radius 2 is 1.71 bits per heavy atom. The number of hydrogen-bond donors (Lipinski definition) is 4. The molecule has 4 rings (SSSR count). The molecule has 1 aliphatic carbocycles. The van der Waals surface area contributed by atoms with Crippen LogP contribution in [0.15, 0.2) is 29.1 Å². The number of nitrogens with one attached hydrogen (secondary N) is 3. The van der Waals surface area contributed by atoms with Gasteiger partial charge in [-0.15, -0.1) is 5.10 Å². The Morgan fingerprint density at radius 3 is 2.26 bits per heavy atom. The number of aromatic amines is 1. The molecule has 35 heavy (non-hydrogen) atoms. The van der Waals surface area contributed by atoms with E-state index in [9.17, 15) is 27.6 Å². The molecule has 1 saturated heterocycles. The number of ether oxygens (including phenoxy) is 1. The molecular formula is C21H24F3N5O6. The molecule has 2 heterocycles. The first kappa shape index (κ1) is 25.8. The van der Waals surface area contributed by atoms with E-state index in [1.165, 1.54) is 11.1 Å². The third-order valence-corrected chi connectivity index (χ3v) is 5.45. The number of rotatable bonds is 5. The zero-order valence-electron chi connectivity index (χ0n) is 18.4. The molecule has 0 radical (unpaired) electrons. The quantitative estimate of drug-likeness (QED) is 0.458. The fraction of sp³-hybridized carbons (Fsp3) is 0.476. The van der Waals surface area contributed by atoms with Crippen molar-refractivity contribution in [1.82, 2.24) is 20.1 Å². The zero-order chi connectivity index (χ0) is 25.6. The molecule has 4 N–H and O–H groups in total. The van der Waals surface area contributed by atoms with Gasteiger partial charge in [-0.1, -0.05) is 19.3 Å². The molecule has 0 spiro atoms. The van der Waals surface area contributed by atoms with Gasteiger partial charge in [0, 0.05) is 17.7 Å². The number of carbonyl (C=O) groups excluding carboxylic acids is 2. The summed E-state index contributed by atoms with van der Waals surface area (Å²) in [7, 11) is 0. The van der Waals surface area contributed by atoms with Crippen molar-refractivity contribution >= 4 is 29.5 Å². The van der Waals surface area contributed by atoms with Gasteiger partial charge >= 0.3 is 23.8 Å². The summed E-state index contributed by atoms with van der Waals surface area (Å²) < 4.78 is 38.1. The first-order valence-corrected chi connectivity index (χ1v) is 10.9. The van der Waals surface area contributed by atoms with Crippen molar-refractivity contribution in [3.63, 3.8) is 0 Å². The van der Waals surface area contributed by atoms with Crippen molar-refractivity contribution in [1.29, 1.82) is 0 Å². The second-order valence-corrected chi connectivity index (χ2v) is 8.00. The highest BCUT2D eigenvalue weighted by atomic mass is 19.4. The average Bonchev–Trinajstić information content (AvgIpc) is 3.39. The van der Waals surface area contributed by atoms with Gasteiger partial charge in [0.2, 0.25) is 5.95 Å². The number of alkyl halides is 3. The normalized spacial score (nSPS) is 18.3. The number of hydrogen-bond acceptors (Lipinski definition) is 7. The molecule has 1 aliphatic heterocycles. The molecule has 1 amide bonds. The van der Waals surface area contributed by atoms with Crippen LogP contribution < -0.4 is 16.3 Å². The monoisotopic (exact) mass is 499 g/mol. The summed E-state index contributed by atoms with van der Waals surface area (Å²) in [5, 5.41) is 17.2. The van der Waals surface area contributed by atoms with Crippen molar-refractivity contribution in [2.45, 2.75) is 56.8 Å². The number of benzene rings is 1. The minimum atomic E-state index is -5.08. The summed E-state index contributed by atoms with van der Waals surface area (Å²) in [4.78, 5) is 47.5. The van der Waals surface area contributed by atoms with Crippen LogP contribution in [0.2, 0.25) is 0 Å². The first-order chi connectivity index (χ1) is 16.5. The molecule has 1 aromatic heterocycles. The van der Waals surface area contributed by atoms with Crippen LogP contribution in [0.5, 0.6) is 0 Å². The topological polar surface area (TPSA) is 155 Å². The van der Waals surface area contributed by atoms with Gasteiger partial charge in [0.25, 0.3) is 5.91 Å². The third kappa shape index (κ3) is 7.07. The summed E-state index contributed by atoms with van der Waals surface area (Å²) in [5.74, 6) is -3.11. The van der Waals surface area contributed by atoms with E-state index in [4.69, 9.17) is 14.6 Å². The number of esters is 1. The van der Waals surface area contributed by atoms with E-state index in [-0.39, 0.29) is 17.6 Å². The summed E-state index contributed by atoms with van der Waals surface area (Å²) in [6.45, 7) is 0.332. The van der Waals surface area contributed by atoms with Gasteiger partial charge in [-0.3, -0.25) is 9.78 Å². The summed E-state index contributed by atoms with van der Waals surface area (Å²) >= 11 is 0. The van der Waals surface area contributed by atoms with Gasteiger partial charge in [0.1, 0.15) is 6.04 Å². The number of H-pyrrole nitrogens is 1. The predicted octanol–water partition coefficient (Wildman–Crippen LogP) is 2.50. The number of aromatic nitrogens is 3. The molecule has 11 nitrogen and oxygen atoms in total. The molecule has 2 fully saturated rings. The highest BCUT2D eigenvalue weighted by molar-refractivity contribution is 5.97.